The van der Waals surface area contributed by atoms with Crippen molar-refractivity contribution in [3.05, 3.63) is 71.2 Å². The number of aryl methyl sites for hydroxylation is 1. The number of methoxy groups -OCH3 is 2. The molecular formula is C22H20FN5O4. The molecule has 2 aromatic heterocycles. The minimum absolute atomic E-state index is 0.0500. The first-order valence-corrected chi connectivity index (χ1v) is 9.71. The lowest BCUT2D eigenvalue weighted by Gasteiger charge is -2.12. The minimum Gasteiger partial charge on any atom is -0.497 e. The quantitative estimate of drug-likeness (QED) is 0.477. The Balaban J connectivity index is 1.49. The number of fused-ring (bicyclic) bond motifs is 1. The van der Waals surface area contributed by atoms with E-state index in [2.05, 4.69) is 15.4 Å². The third-order valence-electron chi connectivity index (χ3n) is 4.89. The van der Waals surface area contributed by atoms with Gasteiger partial charge in [-0.25, -0.2) is 14.1 Å². The van der Waals surface area contributed by atoms with Gasteiger partial charge in [-0.1, -0.05) is 0 Å². The second-order valence-electron chi connectivity index (χ2n) is 6.88. The lowest BCUT2D eigenvalue weighted by Crippen LogP contribution is -2.23. The molecule has 0 fully saturated rings. The smallest absolute Gasteiger partial charge is 0.264 e. The average Bonchev–Trinajstić information content (AvgIpc) is 3.24. The van der Waals surface area contributed by atoms with Crippen molar-refractivity contribution in [2.24, 2.45) is 0 Å². The van der Waals surface area contributed by atoms with Crippen LogP contribution in [0.2, 0.25) is 0 Å². The van der Waals surface area contributed by atoms with Gasteiger partial charge in [0.15, 0.2) is 5.65 Å². The molecule has 0 aliphatic carbocycles. The zero-order chi connectivity index (χ0) is 22.7. The van der Waals surface area contributed by atoms with E-state index in [1.54, 1.807) is 37.4 Å². The van der Waals surface area contributed by atoms with E-state index < -0.39 is 0 Å². The van der Waals surface area contributed by atoms with Crippen LogP contribution in [-0.4, -0.2) is 39.5 Å². The zero-order valence-electron chi connectivity index (χ0n) is 17.4. The van der Waals surface area contributed by atoms with Gasteiger partial charge in [0.1, 0.15) is 22.7 Å². The number of rotatable bonds is 7. The van der Waals surface area contributed by atoms with Crippen molar-refractivity contribution in [1.82, 2.24) is 19.3 Å². The normalized spacial score (nSPS) is 10.8. The van der Waals surface area contributed by atoms with E-state index in [9.17, 15) is 14.0 Å². The number of benzene rings is 2. The highest BCUT2D eigenvalue weighted by Gasteiger charge is 2.13. The Labute approximate surface area is 182 Å². The van der Waals surface area contributed by atoms with Crippen LogP contribution in [0.5, 0.6) is 11.5 Å². The summed E-state index contributed by atoms with van der Waals surface area (Å²) in [6.45, 7) is 0.133. The van der Waals surface area contributed by atoms with E-state index in [1.807, 2.05) is 0 Å². The summed E-state index contributed by atoms with van der Waals surface area (Å²) in [5.41, 5.74) is 1.11. The number of hydrogen-bond acceptors (Lipinski definition) is 6. The predicted molar refractivity (Wildman–Crippen MR) is 116 cm³/mol. The number of ether oxygens (including phenoxy) is 2. The van der Waals surface area contributed by atoms with Gasteiger partial charge < -0.3 is 14.8 Å². The molecular weight excluding hydrogens is 417 g/mol. The number of nitrogens with zero attached hydrogens (tertiary/aromatic N) is 4. The summed E-state index contributed by atoms with van der Waals surface area (Å²) in [6.07, 6.45) is 2.83. The standard InChI is InChI=1S/C22H20FN5O4/c1-31-16-7-8-18(19(11-16)32-2)26-20(29)9-10-27-13-24-21-17(22(27)30)12-25-28(21)15-5-3-14(23)4-6-15/h3-8,11-13H,9-10H2,1-2H3,(H,26,29). The summed E-state index contributed by atoms with van der Waals surface area (Å²) < 4.78 is 26.4. The Bertz CT molecular complexity index is 1330. The van der Waals surface area contributed by atoms with E-state index in [4.69, 9.17) is 9.47 Å². The second kappa shape index (κ2) is 8.88. The Kier molecular flexibility index (Phi) is 5.84. The number of anilines is 1. The van der Waals surface area contributed by atoms with E-state index >= 15 is 0 Å². The number of aromatic nitrogens is 4. The van der Waals surface area contributed by atoms with Crippen LogP contribution >= 0.6 is 0 Å². The average molecular weight is 437 g/mol. The summed E-state index contributed by atoms with van der Waals surface area (Å²) in [7, 11) is 3.04. The first kappa shape index (κ1) is 21.0. The Hall–Kier alpha value is -4.21. The predicted octanol–water partition coefficient (Wildman–Crippen LogP) is 2.77. The fourth-order valence-corrected chi connectivity index (χ4v) is 3.22. The third kappa shape index (κ3) is 4.15. The molecule has 0 bridgehead atoms. The lowest BCUT2D eigenvalue weighted by atomic mass is 10.2. The molecule has 1 N–H and O–H groups in total. The maximum absolute atomic E-state index is 13.2. The van der Waals surface area contributed by atoms with Gasteiger partial charge in [-0.3, -0.25) is 14.2 Å². The summed E-state index contributed by atoms with van der Waals surface area (Å²) in [5.74, 6) is 0.409. The number of amides is 1. The molecule has 0 atom stereocenters. The Morgan fingerprint density at radius 2 is 1.91 bits per heavy atom. The summed E-state index contributed by atoms with van der Waals surface area (Å²) >= 11 is 0. The molecule has 164 valence electrons. The topological polar surface area (TPSA) is 100 Å². The van der Waals surface area contributed by atoms with Gasteiger partial charge in [0.2, 0.25) is 5.91 Å². The molecule has 10 heteroatoms. The monoisotopic (exact) mass is 437 g/mol. The molecule has 0 unspecified atom stereocenters. The number of nitrogens with one attached hydrogen (secondary N) is 1. The molecule has 0 saturated carbocycles. The van der Waals surface area contributed by atoms with Crippen molar-refractivity contribution >= 4 is 22.6 Å². The third-order valence-corrected chi connectivity index (χ3v) is 4.89. The maximum atomic E-state index is 13.2. The fourth-order valence-electron chi connectivity index (χ4n) is 3.22. The molecule has 0 saturated heterocycles. The first-order valence-electron chi connectivity index (χ1n) is 9.71. The number of carbonyl (C=O) groups excluding carboxylic acids is 1. The highest BCUT2D eigenvalue weighted by Crippen LogP contribution is 2.29. The summed E-state index contributed by atoms with van der Waals surface area (Å²) in [5, 5.41) is 7.26. The molecule has 4 aromatic rings. The van der Waals surface area contributed by atoms with Gasteiger partial charge in [0, 0.05) is 19.0 Å². The van der Waals surface area contributed by atoms with Crippen LogP contribution in [0, 0.1) is 5.82 Å². The molecule has 2 aromatic carbocycles. The molecule has 0 aliphatic rings. The van der Waals surface area contributed by atoms with Gasteiger partial charge in [-0.2, -0.15) is 5.10 Å². The van der Waals surface area contributed by atoms with Crippen LogP contribution in [0.4, 0.5) is 10.1 Å². The Morgan fingerprint density at radius 1 is 1.12 bits per heavy atom. The zero-order valence-corrected chi connectivity index (χ0v) is 17.4. The number of carbonyl (C=O) groups is 1. The Morgan fingerprint density at radius 3 is 2.62 bits per heavy atom. The van der Waals surface area contributed by atoms with Crippen LogP contribution in [0.3, 0.4) is 0 Å². The van der Waals surface area contributed by atoms with Crippen LogP contribution in [0.15, 0.2) is 59.8 Å². The van der Waals surface area contributed by atoms with Gasteiger partial charge in [0.05, 0.1) is 38.1 Å². The van der Waals surface area contributed by atoms with Crippen LogP contribution in [0.25, 0.3) is 16.7 Å². The van der Waals surface area contributed by atoms with Crippen LogP contribution < -0.4 is 20.3 Å². The molecule has 0 radical (unpaired) electrons. The van der Waals surface area contributed by atoms with Gasteiger partial charge in [0.25, 0.3) is 5.56 Å². The van der Waals surface area contributed by atoms with Gasteiger partial charge in [-0.15, -0.1) is 0 Å². The van der Waals surface area contributed by atoms with E-state index in [-0.39, 0.29) is 30.2 Å². The summed E-state index contributed by atoms with van der Waals surface area (Å²) in [4.78, 5) is 29.5. The van der Waals surface area contributed by atoms with Crippen LogP contribution in [-0.2, 0) is 11.3 Å². The SMILES string of the molecule is COc1ccc(NC(=O)CCn2cnc3c(cnn3-c3ccc(F)cc3)c2=O)c(OC)c1. The highest BCUT2D eigenvalue weighted by atomic mass is 19.1. The lowest BCUT2D eigenvalue weighted by molar-refractivity contribution is -0.116. The maximum Gasteiger partial charge on any atom is 0.264 e. The van der Waals surface area contributed by atoms with Crippen molar-refractivity contribution in [3.8, 4) is 17.2 Å². The second-order valence-corrected chi connectivity index (χ2v) is 6.88. The largest absolute Gasteiger partial charge is 0.497 e. The van der Waals surface area contributed by atoms with Gasteiger partial charge >= 0.3 is 0 Å². The van der Waals surface area contributed by atoms with Crippen molar-refractivity contribution in [2.45, 2.75) is 13.0 Å². The van der Waals surface area contributed by atoms with Crippen molar-refractivity contribution in [2.75, 3.05) is 19.5 Å². The molecule has 9 nitrogen and oxygen atoms in total. The molecule has 0 aliphatic heterocycles. The first-order chi connectivity index (χ1) is 15.5. The number of hydrogen-bond donors (Lipinski definition) is 1. The number of halogens is 1. The molecule has 4 rings (SSSR count). The van der Waals surface area contributed by atoms with Crippen molar-refractivity contribution < 1.29 is 18.7 Å². The van der Waals surface area contributed by atoms with E-state index in [0.717, 1.165) is 0 Å². The van der Waals surface area contributed by atoms with Gasteiger partial charge in [-0.05, 0) is 36.4 Å². The molecule has 0 spiro atoms. The van der Waals surface area contributed by atoms with E-state index in [1.165, 1.54) is 41.0 Å². The minimum atomic E-state index is -0.369. The fraction of sp³-hybridized carbons (Fsp3) is 0.182. The highest BCUT2D eigenvalue weighted by molar-refractivity contribution is 5.92. The molecule has 2 heterocycles. The van der Waals surface area contributed by atoms with Crippen molar-refractivity contribution in [3.63, 3.8) is 0 Å². The van der Waals surface area contributed by atoms with Crippen LogP contribution in [0.1, 0.15) is 6.42 Å². The molecule has 32 heavy (non-hydrogen) atoms. The molecule has 1 amide bonds. The van der Waals surface area contributed by atoms with E-state index in [0.29, 0.717) is 33.9 Å². The summed E-state index contributed by atoms with van der Waals surface area (Å²) in [6, 6.07) is 10.8. The van der Waals surface area contributed by atoms with Crippen molar-refractivity contribution in [1.29, 1.82) is 0 Å².